The van der Waals surface area contributed by atoms with Crippen molar-refractivity contribution in [2.45, 2.75) is 84.7 Å². The molecule has 0 spiro atoms. The summed E-state index contributed by atoms with van der Waals surface area (Å²) >= 11 is 0. The number of carbonyl (C=O) groups is 1. The Balaban J connectivity index is 2.02. The van der Waals surface area contributed by atoms with Crippen LogP contribution >= 0.6 is 0 Å². The standard InChI is InChI=1S/C22H32O2/c1-14(2)16-7-9-19-17(11-16)8-10-20-21(4,5)12-18(24-15(3)23)13-22(19,20)6/h7,9,11,14,18,20H,8,10,12-13H2,1-6H3/t18-,20-,22+/m0/s1. The third-order valence-electron chi connectivity index (χ3n) is 6.56. The third kappa shape index (κ3) is 2.89. The van der Waals surface area contributed by atoms with E-state index >= 15 is 0 Å². The van der Waals surface area contributed by atoms with Gasteiger partial charge in [-0.2, -0.15) is 0 Å². The molecule has 2 aliphatic rings. The van der Waals surface area contributed by atoms with Crippen LogP contribution in [-0.2, 0) is 21.4 Å². The fraction of sp³-hybridized carbons (Fsp3) is 0.682. The number of ether oxygens (including phenoxy) is 1. The summed E-state index contributed by atoms with van der Waals surface area (Å²) in [6.45, 7) is 13.2. The van der Waals surface area contributed by atoms with Gasteiger partial charge < -0.3 is 4.74 Å². The summed E-state index contributed by atoms with van der Waals surface area (Å²) in [6.07, 6.45) is 4.39. The Kier molecular flexibility index (Phi) is 4.30. The Bertz CT molecular complexity index is 643. The van der Waals surface area contributed by atoms with Crippen LogP contribution in [0.15, 0.2) is 18.2 Å². The van der Waals surface area contributed by atoms with Crippen molar-refractivity contribution >= 4 is 5.97 Å². The summed E-state index contributed by atoms with van der Waals surface area (Å²) in [7, 11) is 0. The monoisotopic (exact) mass is 328 g/mol. The summed E-state index contributed by atoms with van der Waals surface area (Å²) < 4.78 is 5.68. The second kappa shape index (κ2) is 5.89. The van der Waals surface area contributed by atoms with Crippen LogP contribution in [0.5, 0.6) is 0 Å². The van der Waals surface area contributed by atoms with Gasteiger partial charge in [0, 0.05) is 6.92 Å². The zero-order chi connectivity index (χ0) is 17.7. The number of rotatable bonds is 2. The fourth-order valence-electron chi connectivity index (χ4n) is 5.64. The highest BCUT2D eigenvalue weighted by molar-refractivity contribution is 5.66. The van der Waals surface area contributed by atoms with Crippen molar-refractivity contribution in [3.8, 4) is 0 Å². The Labute approximate surface area is 147 Å². The molecule has 1 aromatic rings. The van der Waals surface area contributed by atoms with E-state index in [-0.39, 0.29) is 22.9 Å². The van der Waals surface area contributed by atoms with Crippen LogP contribution in [0.1, 0.15) is 83.4 Å². The third-order valence-corrected chi connectivity index (χ3v) is 6.56. The molecule has 0 saturated heterocycles. The van der Waals surface area contributed by atoms with Crippen LogP contribution < -0.4 is 0 Å². The number of carbonyl (C=O) groups excluding carboxylic acids is 1. The van der Waals surface area contributed by atoms with Gasteiger partial charge in [-0.25, -0.2) is 0 Å². The summed E-state index contributed by atoms with van der Waals surface area (Å²) in [5.41, 5.74) is 4.74. The van der Waals surface area contributed by atoms with E-state index in [9.17, 15) is 4.79 Å². The lowest BCUT2D eigenvalue weighted by atomic mass is 9.49. The van der Waals surface area contributed by atoms with E-state index in [2.05, 4.69) is 52.8 Å². The zero-order valence-corrected chi connectivity index (χ0v) is 16.1. The minimum atomic E-state index is -0.149. The van der Waals surface area contributed by atoms with Crippen LogP contribution in [0.2, 0.25) is 0 Å². The highest BCUT2D eigenvalue weighted by Crippen LogP contribution is 2.57. The van der Waals surface area contributed by atoms with Gasteiger partial charge in [-0.1, -0.05) is 52.8 Å². The second-order valence-corrected chi connectivity index (χ2v) is 9.21. The molecule has 1 saturated carbocycles. The largest absolute Gasteiger partial charge is 0.463 e. The molecule has 2 nitrogen and oxygen atoms in total. The Morgan fingerprint density at radius 2 is 1.92 bits per heavy atom. The SMILES string of the molecule is CC(=O)O[C@H]1CC(C)(C)[C@@H]2CCc3cc(C(C)C)ccc3[C@@]2(C)C1. The Hall–Kier alpha value is -1.31. The predicted molar refractivity (Wildman–Crippen MR) is 98.3 cm³/mol. The molecular formula is C22H32O2. The van der Waals surface area contributed by atoms with Crippen molar-refractivity contribution in [3.05, 3.63) is 34.9 Å². The molecule has 132 valence electrons. The van der Waals surface area contributed by atoms with Crippen LogP contribution in [0.25, 0.3) is 0 Å². The van der Waals surface area contributed by atoms with Crippen LogP contribution in [0.4, 0.5) is 0 Å². The molecule has 3 rings (SSSR count). The molecule has 1 fully saturated rings. The maximum atomic E-state index is 11.5. The van der Waals surface area contributed by atoms with Gasteiger partial charge in [-0.05, 0) is 65.0 Å². The molecule has 2 aliphatic carbocycles. The first-order chi connectivity index (χ1) is 11.1. The fourth-order valence-corrected chi connectivity index (χ4v) is 5.64. The van der Waals surface area contributed by atoms with Gasteiger partial charge in [0.05, 0.1) is 0 Å². The maximum absolute atomic E-state index is 11.5. The molecule has 0 aromatic heterocycles. The molecule has 0 heterocycles. The van der Waals surface area contributed by atoms with Gasteiger partial charge in [0.15, 0.2) is 0 Å². The van der Waals surface area contributed by atoms with Crippen molar-refractivity contribution in [1.82, 2.24) is 0 Å². The van der Waals surface area contributed by atoms with Crippen LogP contribution in [0.3, 0.4) is 0 Å². The summed E-state index contributed by atoms with van der Waals surface area (Å²) in [5, 5.41) is 0. The minimum Gasteiger partial charge on any atom is -0.463 e. The van der Waals surface area contributed by atoms with E-state index in [4.69, 9.17) is 4.74 Å². The van der Waals surface area contributed by atoms with Gasteiger partial charge in [-0.3, -0.25) is 4.79 Å². The Morgan fingerprint density at radius 3 is 2.54 bits per heavy atom. The van der Waals surface area contributed by atoms with Crippen molar-refractivity contribution in [1.29, 1.82) is 0 Å². The van der Waals surface area contributed by atoms with E-state index in [0.717, 1.165) is 12.8 Å². The molecule has 1 aromatic carbocycles. The van der Waals surface area contributed by atoms with E-state index in [0.29, 0.717) is 11.8 Å². The van der Waals surface area contributed by atoms with Gasteiger partial charge in [0.25, 0.3) is 0 Å². The number of fused-ring (bicyclic) bond motifs is 3. The first-order valence-corrected chi connectivity index (χ1v) is 9.44. The normalized spacial score (nSPS) is 31.3. The first kappa shape index (κ1) is 17.5. The number of hydrogen-bond acceptors (Lipinski definition) is 2. The van der Waals surface area contributed by atoms with E-state index in [1.807, 2.05) is 0 Å². The minimum absolute atomic E-state index is 0.0366. The highest BCUT2D eigenvalue weighted by Gasteiger charge is 2.53. The molecule has 24 heavy (non-hydrogen) atoms. The number of aryl methyl sites for hydroxylation is 1. The quantitative estimate of drug-likeness (QED) is 0.681. The van der Waals surface area contributed by atoms with Gasteiger partial charge in [0.2, 0.25) is 0 Å². The van der Waals surface area contributed by atoms with E-state index in [1.54, 1.807) is 0 Å². The smallest absolute Gasteiger partial charge is 0.302 e. The zero-order valence-electron chi connectivity index (χ0n) is 16.1. The van der Waals surface area contributed by atoms with E-state index in [1.165, 1.54) is 36.5 Å². The van der Waals surface area contributed by atoms with Crippen molar-refractivity contribution in [2.24, 2.45) is 11.3 Å². The lowest BCUT2D eigenvalue weighted by molar-refractivity contribution is -0.154. The van der Waals surface area contributed by atoms with Gasteiger partial charge in [-0.15, -0.1) is 0 Å². The maximum Gasteiger partial charge on any atom is 0.302 e. The molecule has 0 unspecified atom stereocenters. The number of hydrogen-bond donors (Lipinski definition) is 0. The summed E-state index contributed by atoms with van der Waals surface area (Å²) in [5.74, 6) is 1.07. The molecule has 0 radical (unpaired) electrons. The van der Waals surface area contributed by atoms with Crippen molar-refractivity contribution in [2.75, 3.05) is 0 Å². The average Bonchev–Trinajstić information content (AvgIpc) is 2.44. The van der Waals surface area contributed by atoms with E-state index < -0.39 is 0 Å². The molecule has 2 heteroatoms. The highest BCUT2D eigenvalue weighted by atomic mass is 16.5. The molecular weight excluding hydrogens is 296 g/mol. The molecule has 0 N–H and O–H groups in total. The van der Waals surface area contributed by atoms with Gasteiger partial charge in [0.1, 0.15) is 6.10 Å². The van der Waals surface area contributed by atoms with Crippen molar-refractivity contribution < 1.29 is 9.53 Å². The summed E-state index contributed by atoms with van der Waals surface area (Å²) in [6, 6.07) is 7.09. The van der Waals surface area contributed by atoms with Gasteiger partial charge >= 0.3 is 5.97 Å². The predicted octanol–water partition coefficient (Wildman–Crippen LogP) is 5.38. The lowest BCUT2D eigenvalue weighted by Gasteiger charge is -2.56. The van der Waals surface area contributed by atoms with Crippen molar-refractivity contribution in [3.63, 3.8) is 0 Å². The topological polar surface area (TPSA) is 26.3 Å². The molecule has 0 amide bonds. The van der Waals surface area contributed by atoms with Crippen LogP contribution in [0, 0.1) is 11.3 Å². The summed E-state index contributed by atoms with van der Waals surface area (Å²) in [4.78, 5) is 11.5. The number of benzene rings is 1. The number of esters is 1. The second-order valence-electron chi connectivity index (χ2n) is 9.21. The lowest BCUT2D eigenvalue weighted by Crippen LogP contribution is -2.52. The molecule has 0 bridgehead atoms. The molecule has 0 aliphatic heterocycles. The average molecular weight is 328 g/mol. The molecule has 3 atom stereocenters. The Morgan fingerprint density at radius 1 is 1.21 bits per heavy atom. The van der Waals surface area contributed by atoms with Crippen LogP contribution in [-0.4, -0.2) is 12.1 Å². The first-order valence-electron chi connectivity index (χ1n) is 9.44.